The molecule has 2 aliphatic rings. The molecule has 1 amide bonds. The highest BCUT2D eigenvalue weighted by atomic mass is 19.4. The summed E-state index contributed by atoms with van der Waals surface area (Å²) in [6, 6.07) is 5.23. The molecule has 0 radical (unpaired) electrons. The highest BCUT2D eigenvalue weighted by Crippen LogP contribution is 2.51. The molecule has 5 nitrogen and oxygen atoms in total. The molecule has 148 valence electrons. The minimum atomic E-state index is -4.47. The molecule has 8 heteroatoms. The van der Waals surface area contributed by atoms with E-state index in [1.54, 1.807) is 12.3 Å². The molecule has 1 unspecified atom stereocenters. The molecule has 0 fully saturated rings. The zero-order valence-corrected chi connectivity index (χ0v) is 15.8. The summed E-state index contributed by atoms with van der Waals surface area (Å²) in [5.41, 5.74) is 0.0464. The summed E-state index contributed by atoms with van der Waals surface area (Å²) in [6.07, 6.45) is -1.93. The van der Waals surface area contributed by atoms with Gasteiger partial charge in [0, 0.05) is 23.2 Å². The molecule has 1 aromatic carbocycles. The second kappa shape index (κ2) is 5.86. The van der Waals surface area contributed by atoms with Crippen LogP contribution < -0.4 is 10.6 Å². The van der Waals surface area contributed by atoms with E-state index in [-0.39, 0.29) is 5.91 Å². The second-order valence-electron chi connectivity index (χ2n) is 7.99. The van der Waals surface area contributed by atoms with E-state index in [1.165, 1.54) is 6.07 Å². The normalized spacial score (nSPS) is 23.6. The van der Waals surface area contributed by atoms with Crippen LogP contribution in [0.25, 0.3) is 0 Å². The highest BCUT2D eigenvalue weighted by Gasteiger charge is 2.50. The van der Waals surface area contributed by atoms with Gasteiger partial charge >= 0.3 is 6.18 Å². The van der Waals surface area contributed by atoms with Crippen molar-refractivity contribution in [2.45, 2.75) is 50.7 Å². The Balaban J connectivity index is 2.01. The standard InChI is InChI=1S/C20H21F3N4O/c1-4-19(11-6-5-7-12(8-11)20(21,22)23)13-10-24-27-16(13)25-14-9-18(2,3)26-17(28)15(14)19/h5-8,10H,4,9H2,1-3H3,(H,26,28)(H2,24,25,27). The van der Waals surface area contributed by atoms with E-state index >= 15 is 0 Å². The van der Waals surface area contributed by atoms with Crippen LogP contribution in [0.5, 0.6) is 0 Å². The first-order chi connectivity index (χ1) is 13.1. The van der Waals surface area contributed by atoms with Crippen LogP contribution in [0.1, 0.15) is 50.3 Å². The minimum Gasteiger partial charge on any atom is -0.347 e. The number of H-pyrrole nitrogens is 1. The molecule has 1 aromatic heterocycles. The van der Waals surface area contributed by atoms with Crippen molar-refractivity contribution in [2.24, 2.45) is 0 Å². The third-order valence-corrected chi connectivity index (χ3v) is 5.61. The first-order valence-electron chi connectivity index (χ1n) is 9.13. The number of nitrogens with one attached hydrogen (secondary N) is 3. The number of aromatic nitrogens is 2. The van der Waals surface area contributed by atoms with Crippen LogP contribution in [-0.2, 0) is 16.4 Å². The van der Waals surface area contributed by atoms with Gasteiger partial charge in [0.1, 0.15) is 5.82 Å². The summed E-state index contributed by atoms with van der Waals surface area (Å²) in [4.78, 5) is 13.1. The largest absolute Gasteiger partial charge is 0.416 e. The molecule has 3 heterocycles. The second-order valence-corrected chi connectivity index (χ2v) is 7.99. The van der Waals surface area contributed by atoms with Crippen molar-refractivity contribution >= 4 is 11.7 Å². The lowest BCUT2D eigenvalue weighted by Crippen LogP contribution is -2.54. The molecule has 3 N–H and O–H groups in total. The number of rotatable bonds is 2. The summed E-state index contributed by atoms with van der Waals surface area (Å²) >= 11 is 0. The number of carbonyl (C=O) groups excluding carboxylic acids is 1. The zero-order chi connectivity index (χ0) is 20.3. The molecule has 4 rings (SSSR count). The molecule has 0 aliphatic carbocycles. The maximum Gasteiger partial charge on any atom is 0.416 e. The summed E-state index contributed by atoms with van der Waals surface area (Å²) in [5.74, 6) is 0.341. The highest BCUT2D eigenvalue weighted by molar-refractivity contribution is 6.01. The van der Waals surface area contributed by atoms with Gasteiger partial charge in [0.05, 0.1) is 22.7 Å². The van der Waals surface area contributed by atoms with E-state index in [0.717, 1.165) is 12.1 Å². The molecular weight excluding hydrogens is 369 g/mol. The summed E-state index contributed by atoms with van der Waals surface area (Å²) in [7, 11) is 0. The third kappa shape index (κ3) is 2.62. The Labute approximate surface area is 160 Å². The minimum absolute atomic E-state index is 0.273. The molecule has 2 aromatic rings. The predicted molar refractivity (Wildman–Crippen MR) is 98.6 cm³/mol. The van der Waals surface area contributed by atoms with E-state index in [9.17, 15) is 18.0 Å². The van der Waals surface area contributed by atoms with E-state index in [2.05, 4.69) is 20.8 Å². The van der Waals surface area contributed by atoms with Crippen molar-refractivity contribution in [3.05, 3.63) is 58.4 Å². The Kier molecular flexibility index (Phi) is 3.89. The van der Waals surface area contributed by atoms with Crippen molar-refractivity contribution in [1.29, 1.82) is 0 Å². The molecule has 0 saturated carbocycles. The van der Waals surface area contributed by atoms with Gasteiger partial charge in [0.2, 0.25) is 0 Å². The number of hydrogen-bond donors (Lipinski definition) is 3. The molecule has 0 spiro atoms. The summed E-state index contributed by atoms with van der Waals surface area (Å²) in [6.45, 7) is 5.70. The number of amides is 1. The SMILES string of the molecule is CCC1(c2cccc(C(F)(F)F)c2)C2=C(CC(C)(C)NC2=O)Nc2[nH]ncc21. The van der Waals surface area contributed by atoms with Crippen molar-refractivity contribution in [2.75, 3.05) is 5.32 Å². The Morgan fingerprint density at radius 3 is 2.68 bits per heavy atom. The Bertz CT molecular complexity index is 989. The summed E-state index contributed by atoms with van der Waals surface area (Å²) < 4.78 is 40.2. The van der Waals surface area contributed by atoms with Crippen LogP contribution in [0.15, 0.2) is 41.7 Å². The quantitative estimate of drug-likeness (QED) is 0.723. The first-order valence-corrected chi connectivity index (χ1v) is 9.13. The van der Waals surface area contributed by atoms with Crippen molar-refractivity contribution in [3.8, 4) is 0 Å². The van der Waals surface area contributed by atoms with Crippen molar-refractivity contribution in [1.82, 2.24) is 15.5 Å². The average Bonchev–Trinajstić information content (AvgIpc) is 3.06. The van der Waals surface area contributed by atoms with Gasteiger partial charge in [-0.3, -0.25) is 9.89 Å². The van der Waals surface area contributed by atoms with Gasteiger partial charge in [-0.2, -0.15) is 18.3 Å². The predicted octanol–water partition coefficient (Wildman–Crippen LogP) is 4.10. The van der Waals surface area contributed by atoms with Gasteiger partial charge < -0.3 is 10.6 Å². The lowest BCUT2D eigenvalue weighted by Gasteiger charge is -2.45. The van der Waals surface area contributed by atoms with Crippen LogP contribution in [0.4, 0.5) is 19.0 Å². The van der Waals surface area contributed by atoms with Crippen LogP contribution in [0, 0.1) is 0 Å². The molecular formula is C20H21F3N4O. The number of fused-ring (bicyclic) bond motifs is 1. The Hall–Kier alpha value is -2.77. The first kappa shape index (κ1) is 18.6. The van der Waals surface area contributed by atoms with E-state index in [1.807, 2.05) is 20.8 Å². The van der Waals surface area contributed by atoms with Gasteiger partial charge in [0.25, 0.3) is 5.91 Å². The Morgan fingerprint density at radius 2 is 2.00 bits per heavy atom. The van der Waals surface area contributed by atoms with Gasteiger partial charge in [0.15, 0.2) is 0 Å². The average molecular weight is 390 g/mol. The summed E-state index contributed by atoms with van der Waals surface area (Å²) in [5, 5.41) is 13.2. The maximum atomic E-state index is 13.4. The van der Waals surface area contributed by atoms with Gasteiger partial charge in [-0.15, -0.1) is 0 Å². The fourth-order valence-corrected chi connectivity index (χ4v) is 4.46. The number of carbonyl (C=O) groups is 1. The number of anilines is 1. The lowest BCUT2D eigenvalue weighted by atomic mass is 9.63. The topological polar surface area (TPSA) is 69.8 Å². The van der Waals surface area contributed by atoms with Gasteiger partial charge in [-0.05, 0) is 31.9 Å². The molecule has 2 aliphatic heterocycles. The van der Waals surface area contributed by atoms with Crippen LogP contribution >= 0.6 is 0 Å². The van der Waals surface area contributed by atoms with Crippen molar-refractivity contribution < 1.29 is 18.0 Å². The number of benzene rings is 1. The molecule has 0 saturated heterocycles. The number of aromatic amines is 1. The number of hydrogen-bond acceptors (Lipinski definition) is 3. The fraction of sp³-hybridized carbons (Fsp3) is 0.400. The van der Waals surface area contributed by atoms with Gasteiger partial charge in [-0.25, -0.2) is 0 Å². The fourth-order valence-electron chi connectivity index (χ4n) is 4.46. The van der Waals surface area contributed by atoms with Crippen LogP contribution in [-0.4, -0.2) is 21.6 Å². The lowest BCUT2D eigenvalue weighted by molar-refractivity contribution is -0.137. The van der Waals surface area contributed by atoms with E-state index in [0.29, 0.717) is 41.1 Å². The van der Waals surface area contributed by atoms with Gasteiger partial charge in [-0.1, -0.05) is 25.1 Å². The smallest absolute Gasteiger partial charge is 0.347 e. The molecule has 28 heavy (non-hydrogen) atoms. The van der Waals surface area contributed by atoms with E-state index in [4.69, 9.17) is 0 Å². The Morgan fingerprint density at radius 1 is 1.25 bits per heavy atom. The molecule has 1 atom stereocenters. The van der Waals surface area contributed by atoms with Crippen LogP contribution in [0.2, 0.25) is 0 Å². The maximum absolute atomic E-state index is 13.4. The zero-order valence-electron chi connectivity index (χ0n) is 15.8. The third-order valence-electron chi connectivity index (χ3n) is 5.61. The van der Waals surface area contributed by atoms with E-state index < -0.39 is 22.7 Å². The number of halogens is 3. The number of alkyl halides is 3. The van der Waals surface area contributed by atoms with Crippen molar-refractivity contribution in [3.63, 3.8) is 0 Å². The monoisotopic (exact) mass is 390 g/mol. The molecule has 0 bridgehead atoms. The number of nitrogens with zero attached hydrogens (tertiary/aromatic N) is 1. The van der Waals surface area contributed by atoms with Crippen LogP contribution in [0.3, 0.4) is 0 Å².